The summed E-state index contributed by atoms with van der Waals surface area (Å²) >= 11 is 6.41. The number of nitrogens with one attached hydrogen (secondary N) is 3. The molecule has 0 spiro atoms. The molecule has 1 fully saturated rings. The van der Waals surface area contributed by atoms with Gasteiger partial charge in [0.25, 0.3) is 5.91 Å². The lowest BCUT2D eigenvalue weighted by atomic mass is 9.77. The molecular formula is C30H38BClN6O4. The molecule has 1 aliphatic rings. The number of methoxy groups -OCH3 is 1. The highest BCUT2D eigenvalue weighted by atomic mass is 35.5. The molecule has 1 amide bonds. The fraction of sp³-hybridized carbons (Fsp3) is 0.400. The van der Waals surface area contributed by atoms with Crippen molar-refractivity contribution < 1.29 is 19.1 Å². The van der Waals surface area contributed by atoms with Crippen LogP contribution >= 0.6 is 11.6 Å². The fourth-order valence-corrected chi connectivity index (χ4v) is 5.04. The monoisotopic (exact) mass is 592 g/mol. The first-order valence-electron chi connectivity index (χ1n) is 13.9. The van der Waals surface area contributed by atoms with Gasteiger partial charge in [0.2, 0.25) is 11.8 Å². The maximum Gasteiger partial charge on any atom is 0.251 e. The first-order valence-corrected chi connectivity index (χ1v) is 14.3. The maximum absolute atomic E-state index is 13.2. The van der Waals surface area contributed by atoms with Gasteiger partial charge in [0.15, 0.2) is 6.29 Å². The third-order valence-corrected chi connectivity index (χ3v) is 8.28. The summed E-state index contributed by atoms with van der Waals surface area (Å²) in [5.41, 5.74) is 2.65. The Morgan fingerprint density at radius 3 is 2.69 bits per heavy atom. The lowest BCUT2D eigenvalue weighted by Crippen LogP contribution is -2.47. The molecule has 2 heterocycles. The van der Waals surface area contributed by atoms with Gasteiger partial charge in [0, 0.05) is 17.1 Å². The molecule has 12 heteroatoms. The summed E-state index contributed by atoms with van der Waals surface area (Å²) in [4.78, 5) is 36.1. The predicted octanol–water partition coefficient (Wildman–Crippen LogP) is 4.11. The predicted molar refractivity (Wildman–Crippen MR) is 168 cm³/mol. The lowest BCUT2D eigenvalue weighted by molar-refractivity contribution is 0.0928. The number of aryl methyl sites for hydroxylation is 1. The minimum atomic E-state index is -0.429. The Bertz CT molecular complexity index is 1470. The molecular weight excluding hydrogens is 555 g/mol. The highest BCUT2D eigenvalue weighted by Crippen LogP contribution is 2.37. The Labute approximate surface area is 253 Å². The second kappa shape index (κ2) is 13.1. The number of hydrogen-bond acceptors (Lipinski definition) is 9. The van der Waals surface area contributed by atoms with Crippen LogP contribution in [-0.4, -0.2) is 75.2 Å². The first kappa shape index (κ1) is 31.3. The summed E-state index contributed by atoms with van der Waals surface area (Å²) in [6.45, 7) is 7.67. The second-order valence-electron chi connectivity index (χ2n) is 11.3. The number of halogens is 1. The van der Waals surface area contributed by atoms with Crippen molar-refractivity contribution in [3.8, 4) is 17.4 Å². The van der Waals surface area contributed by atoms with Gasteiger partial charge in [-0.25, -0.2) is 4.98 Å². The topological polar surface area (TPSA) is 118 Å². The molecule has 0 bridgehead atoms. The van der Waals surface area contributed by atoms with Crippen LogP contribution in [0, 0.1) is 6.92 Å². The van der Waals surface area contributed by atoms with Gasteiger partial charge >= 0.3 is 0 Å². The molecule has 3 aromatic rings. The number of anilines is 2. The quantitative estimate of drug-likeness (QED) is 0.236. The maximum atomic E-state index is 13.2. The zero-order valence-electron chi connectivity index (χ0n) is 25.2. The SMILES string of the molecule is BC1CNCC[C@H]1NC(=O)c1cc(OC)c(Nc2ncc(Cl)c(Oc3cccc(C(C)(C)N(C)C)c3C=O)n2)cc1C. The Kier molecular flexibility index (Phi) is 9.76. The van der Waals surface area contributed by atoms with Crippen LogP contribution in [0.3, 0.4) is 0 Å². The summed E-state index contributed by atoms with van der Waals surface area (Å²) < 4.78 is 11.7. The Hall–Kier alpha value is -3.67. The number of aldehydes is 1. The van der Waals surface area contributed by atoms with Crippen molar-refractivity contribution in [2.45, 2.75) is 44.6 Å². The standard InChI is InChI=1S/C30H38BClN6O4/c1-17-12-24(26(41-6)13-18(17)27(40)35-23-10-11-33-14-21(23)31)36-29-34-15-22(32)28(37-29)42-25-9-7-8-20(19(25)16-39)30(2,3)38(4)5/h7-9,12-13,15-16,21,23,33H,10-11,14,31H2,1-6H3,(H,35,40)(H,34,36,37)/t21?,23-/m1/s1. The van der Waals surface area contributed by atoms with Crippen molar-refractivity contribution in [2.24, 2.45) is 0 Å². The second-order valence-corrected chi connectivity index (χ2v) is 11.7. The summed E-state index contributed by atoms with van der Waals surface area (Å²) in [5, 5.41) is 9.85. The molecule has 1 saturated heterocycles. The van der Waals surface area contributed by atoms with Crippen LogP contribution in [0.4, 0.5) is 11.6 Å². The van der Waals surface area contributed by atoms with Crippen LogP contribution in [0.2, 0.25) is 10.8 Å². The van der Waals surface area contributed by atoms with E-state index in [9.17, 15) is 9.59 Å². The van der Waals surface area contributed by atoms with Crippen LogP contribution in [0.25, 0.3) is 0 Å². The van der Waals surface area contributed by atoms with Crippen LogP contribution in [-0.2, 0) is 5.54 Å². The Balaban J connectivity index is 1.59. The summed E-state index contributed by atoms with van der Waals surface area (Å²) in [5.74, 6) is 1.27. The van der Waals surface area contributed by atoms with Crippen LogP contribution < -0.4 is 25.4 Å². The molecule has 10 nitrogen and oxygen atoms in total. The Morgan fingerprint density at radius 1 is 1.26 bits per heavy atom. The van der Waals surface area contributed by atoms with Gasteiger partial charge in [0.05, 0.1) is 24.6 Å². The number of carbonyl (C=O) groups is 2. The molecule has 222 valence electrons. The summed E-state index contributed by atoms with van der Waals surface area (Å²) in [6.07, 6.45) is 3.08. The molecule has 2 atom stereocenters. The van der Waals surface area contributed by atoms with Crippen molar-refractivity contribution in [3.05, 3.63) is 63.8 Å². The smallest absolute Gasteiger partial charge is 0.251 e. The van der Waals surface area contributed by atoms with E-state index in [1.54, 1.807) is 12.1 Å². The van der Waals surface area contributed by atoms with E-state index >= 15 is 0 Å². The van der Waals surface area contributed by atoms with E-state index in [4.69, 9.17) is 21.1 Å². The number of benzene rings is 2. The third-order valence-electron chi connectivity index (χ3n) is 8.02. The number of nitrogens with zero attached hydrogens (tertiary/aromatic N) is 3. The van der Waals surface area contributed by atoms with Gasteiger partial charge in [-0.3, -0.25) is 9.59 Å². The lowest BCUT2D eigenvalue weighted by Gasteiger charge is -2.34. The van der Waals surface area contributed by atoms with Crippen LogP contribution in [0.5, 0.6) is 17.4 Å². The van der Waals surface area contributed by atoms with E-state index in [-0.39, 0.29) is 28.8 Å². The zero-order valence-corrected chi connectivity index (χ0v) is 25.9. The molecule has 2 aromatic carbocycles. The first-order chi connectivity index (χ1) is 20.0. The number of hydrogen-bond donors (Lipinski definition) is 3. The number of aromatic nitrogens is 2. The highest BCUT2D eigenvalue weighted by Gasteiger charge is 2.28. The van der Waals surface area contributed by atoms with Crippen molar-refractivity contribution in [2.75, 3.05) is 39.6 Å². The van der Waals surface area contributed by atoms with E-state index in [0.29, 0.717) is 34.1 Å². The molecule has 1 aromatic heterocycles. The van der Waals surface area contributed by atoms with E-state index in [2.05, 4.69) is 33.8 Å². The van der Waals surface area contributed by atoms with Gasteiger partial charge in [-0.1, -0.05) is 23.7 Å². The average molecular weight is 593 g/mol. The number of ether oxygens (including phenoxy) is 2. The molecule has 0 radical (unpaired) electrons. The van der Waals surface area contributed by atoms with Crippen LogP contribution in [0.15, 0.2) is 36.5 Å². The third kappa shape index (κ3) is 6.69. The summed E-state index contributed by atoms with van der Waals surface area (Å²) in [6, 6.07) is 9.06. The van der Waals surface area contributed by atoms with Gasteiger partial charge < -0.3 is 30.3 Å². The van der Waals surface area contributed by atoms with Crippen LogP contribution in [0.1, 0.15) is 52.1 Å². The van der Waals surface area contributed by atoms with Gasteiger partial charge in [0.1, 0.15) is 24.4 Å². The average Bonchev–Trinajstić information content (AvgIpc) is 2.95. The van der Waals surface area contributed by atoms with Crippen molar-refractivity contribution >= 4 is 43.3 Å². The van der Waals surface area contributed by atoms with Gasteiger partial charge in [-0.15, -0.1) is 0 Å². The molecule has 42 heavy (non-hydrogen) atoms. The van der Waals surface area contributed by atoms with Gasteiger partial charge in [-0.05, 0) is 89.5 Å². The van der Waals surface area contributed by atoms with Gasteiger partial charge in [-0.2, -0.15) is 4.98 Å². The van der Waals surface area contributed by atoms with Crippen molar-refractivity contribution in [1.82, 2.24) is 25.5 Å². The van der Waals surface area contributed by atoms with E-state index in [1.165, 1.54) is 13.3 Å². The minimum absolute atomic E-state index is 0.0832. The van der Waals surface area contributed by atoms with E-state index < -0.39 is 5.54 Å². The van der Waals surface area contributed by atoms with Crippen molar-refractivity contribution in [3.63, 3.8) is 0 Å². The molecule has 1 unspecified atom stereocenters. The van der Waals surface area contributed by atoms with E-state index in [1.807, 2.05) is 58.0 Å². The molecule has 1 aliphatic heterocycles. The number of carbonyl (C=O) groups excluding carboxylic acids is 2. The van der Waals surface area contributed by atoms with Crippen molar-refractivity contribution in [1.29, 1.82) is 0 Å². The largest absolute Gasteiger partial charge is 0.495 e. The van der Waals surface area contributed by atoms with E-state index in [0.717, 1.165) is 36.9 Å². The number of amides is 1. The normalized spacial score (nSPS) is 17.0. The fourth-order valence-electron chi connectivity index (χ4n) is 4.91. The number of piperidine rings is 1. The molecule has 4 rings (SSSR count). The molecule has 0 saturated carbocycles. The zero-order chi connectivity index (χ0) is 30.6. The number of rotatable bonds is 10. The summed E-state index contributed by atoms with van der Waals surface area (Å²) in [7, 11) is 7.56. The molecule has 3 N–H and O–H groups in total. The minimum Gasteiger partial charge on any atom is -0.495 e. The highest BCUT2D eigenvalue weighted by molar-refractivity contribution is 6.31. The Morgan fingerprint density at radius 2 is 2.02 bits per heavy atom. The molecule has 0 aliphatic carbocycles.